The van der Waals surface area contributed by atoms with E-state index in [0.717, 1.165) is 33.8 Å². The average Bonchev–Trinajstić information content (AvgIpc) is 3.79. The van der Waals surface area contributed by atoms with Crippen molar-refractivity contribution in [3.63, 3.8) is 0 Å². The van der Waals surface area contributed by atoms with E-state index >= 15 is 0 Å². The summed E-state index contributed by atoms with van der Waals surface area (Å²) >= 11 is 0. The van der Waals surface area contributed by atoms with Crippen molar-refractivity contribution in [2.45, 2.75) is 52.4 Å². The molecule has 2 nitrogen and oxygen atoms in total. The lowest BCUT2D eigenvalue weighted by atomic mass is 9.79. The Bertz CT molecular complexity index is 4110. The van der Waals surface area contributed by atoms with Gasteiger partial charge in [-0.1, -0.05) is 224 Å². The van der Waals surface area contributed by atoms with Gasteiger partial charge in [-0.05, 0) is 149 Å². The van der Waals surface area contributed by atoms with Crippen LogP contribution in [0.3, 0.4) is 0 Å². The van der Waals surface area contributed by atoms with Gasteiger partial charge in [0.25, 0.3) is 0 Å². The number of benzene rings is 12. The van der Waals surface area contributed by atoms with Gasteiger partial charge in [0.05, 0.1) is 22.4 Å². The van der Waals surface area contributed by atoms with Crippen LogP contribution in [0.15, 0.2) is 243 Å². The van der Waals surface area contributed by atoms with Crippen molar-refractivity contribution in [2.24, 2.45) is 0 Å². The summed E-state index contributed by atoms with van der Waals surface area (Å²) in [5.41, 5.74) is 19.1. The predicted octanol–water partition coefficient (Wildman–Crippen LogP) is 20.4. The van der Waals surface area contributed by atoms with Crippen molar-refractivity contribution in [1.82, 2.24) is 4.57 Å². The van der Waals surface area contributed by atoms with Crippen molar-refractivity contribution < 1.29 is 0 Å². The SMILES string of the molecule is CC(C)(C)c1cc(-c2cccc(-c3cccc(N(c4cc(-c5ccccc5)cc(-c5ccccc5)c4)c4ccc5ccc6c(-n7c8ccccc8c8ccccc87)ccc7ccc4c5c76)c3)c2)cc(C(C)(C)C)c1. The Hall–Kier alpha value is -8.72. The van der Waals surface area contributed by atoms with Gasteiger partial charge in [0, 0.05) is 32.9 Å². The van der Waals surface area contributed by atoms with Crippen LogP contribution in [-0.4, -0.2) is 4.57 Å². The largest absolute Gasteiger partial charge is 0.310 e. The zero-order valence-corrected chi connectivity index (χ0v) is 43.0. The molecular formula is C72H58N2. The standard InChI is InChI=1S/C72H58N2/c1-71(2,3)57-41-56(42-58(46-57)72(4,5)6)52-24-17-23-51(39-52)53-25-18-26-59(43-53)73(60-44-54(47-19-9-7-10-20-47)40-55(45-60)48-21-11-8-12-22-48)67-37-33-49-32-36-64-68(38-34-50-31-35-63(67)69(49)70(50)64)74-65-29-15-13-27-61(65)62-28-14-16-30-66(62)74/h7-46H,1-6H3. The predicted molar refractivity (Wildman–Crippen MR) is 318 cm³/mol. The van der Waals surface area contributed by atoms with Crippen LogP contribution in [0.1, 0.15) is 52.7 Å². The third-order valence-corrected chi connectivity index (χ3v) is 15.4. The van der Waals surface area contributed by atoms with Crippen molar-refractivity contribution in [1.29, 1.82) is 0 Å². The third kappa shape index (κ3) is 7.81. The summed E-state index contributed by atoms with van der Waals surface area (Å²) in [6, 6.07) is 90.5. The van der Waals surface area contributed by atoms with Crippen LogP contribution >= 0.6 is 0 Å². The molecular weight excluding hydrogens is 893 g/mol. The molecule has 0 bridgehead atoms. The average molecular weight is 951 g/mol. The molecule has 0 aliphatic rings. The Morgan fingerprint density at radius 1 is 0.297 bits per heavy atom. The zero-order chi connectivity index (χ0) is 50.3. The van der Waals surface area contributed by atoms with Crippen molar-refractivity contribution in [2.75, 3.05) is 4.90 Å². The molecule has 0 fully saturated rings. The van der Waals surface area contributed by atoms with Crippen molar-refractivity contribution >= 4 is 71.2 Å². The van der Waals surface area contributed by atoms with Crippen LogP contribution < -0.4 is 4.90 Å². The molecule has 0 radical (unpaired) electrons. The molecule has 1 heterocycles. The van der Waals surface area contributed by atoms with E-state index in [-0.39, 0.29) is 10.8 Å². The van der Waals surface area contributed by atoms with Crippen LogP contribution in [-0.2, 0) is 10.8 Å². The number of hydrogen-bond donors (Lipinski definition) is 0. The maximum atomic E-state index is 2.51. The molecule has 0 atom stereocenters. The van der Waals surface area contributed by atoms with Gasteiger partial charge < -0.3 is 9.47 Å². The first-order valence-electron chi connectivity index (χ1n) is 26.1. The summed E-state index contributed by atoms with van der Waals surface area (Å²) < 4.78 is 2.47. The van der Waals surface area contributed by atoms with Crippen molar-refractivity contribution in [3.05, 3.63) is 254 Å². The maximum Gasteiger partial charge on any atom is 0.0541 e. The normalized spacial score (nSPS) is 12.2. The second-order valence-electron chi connectivity index (χ2n) is 22.2. The molecule has 0 saturated heterocycles. The quantitative estimate of drug-likeness (QED) is 0.138. The molecule has 0 N–H and O–H groups in total. The van der Waals surface area contributed by atoms with E-state index in [1.165, 1.54) is 98.8 Å². The second kappa shape index (κ2) is 17.5. The highest BCUT2D eigenvalue weighted by molar-refractivity contribution is 6.27. The minimum absolute atomic E-state index is 0.0172. The Balaban J connectivity index is 1.04. The molecule has 12 aromatic carbocycles. The molecule has 0 aliphatic heterocycles. The van der Waals surface area contributed by atoms with Gasteiger partial charge in [-0.2, -0.15) is 0 Å². The summed E-state index contributed by atoms with van der Waals surface area (Å²) in [5.74, 6) is 0. The number of fused-ring (bicyclic) bond motifs is 3. The first kappa shape index (κ1) is 45.2. The minimum Gasteiger partial charge on any atom is -0.310 e. The molecule has 0 amide bonds. The summed E-state index contributed by atoms with van der Waals surface area (Å²) in [4.78, 5) is 2.51. The minimum atomic E-state index is 0.0172. The van der Waals surface area contributed by atoms with E-state index in [2.05, 4.69) is 294 Å². The molecule has 0 spiro atoms. The first-order valence-corrected chi connectivity index (χ1v) is 26.1. The highest BCUT2D eigenvalue weighted by atomic mass is 15.1. The fourth-order valence-corrected chi connectivity index (χ4v) is 11.5. The summed E-state index contributed by atoms with van der Waals surface area (Å²) in [6.45, 7) is 13.9. The molecule has 356 valence electrons. The smallest absolute Gasteiger partial charge is 0.0541 e. The van der Waals surface area contributed by atoms with Crippen LogP contribution in [0.25, 0.3) is 104 Å². The van der Waals surface area contributed by atoms with Crippen molar-refractivity contribution in [3.8, 4) is 50.2 Å². The van der Waals surface area contributed by atoms with E-state index < -0.39 is 0 Å². The third-order valence-electron chi connectivity index (χ3n) is 15.4. The van der Waals surface area contributed by atoms with E-state index in [4.69, 9.17) is 0 Å². The van der Waals surface area contributed by atoms with E-state index in [9.17, 15) is 0 Å². The van der Waals surface area contributed by atoms with Gasteiger partial charge in [0.1, 0.15) is 0 Å². The van der Waals surface area contributed by atoms with Gasteiger partial charge in [0.2, 0.25) is 0 Å². The van der Waals surface area contributed by atoms with Gasteiger partial charge in [-0.3, -0.25) is 0 Å². The highest BCUT2D eigenvalue weighted by Gasteiger charge is 2.24. The molecule has 74 heavy (non-hydrogen) atoms. The first-order chi connectivity index (χ1) is 35.9. The lowest BCUT2D eigenvalue weighted by Gasteiger charge is -2.29. The Kier molecular flexibility index (Phi) is 10.7. The molecule has 2 heteroatoms. The monoisotopic (exact) mass is 950 g/mol. The van der Waals surface area contributed by atoms with E-state index in [1.54, 1.807) is 0 Å². The number of aromatic nitrogens is 1. The van der Waals surface area contributed by atoms with Crippen LogP contribution in [0.4, 0.5) is 17.1 Å². The molecule has 0 aliphatic carbocycles. The van der Waals surface area contributed by atoms with Gasteiger partial charge in [-0.15, -0.1) is 0 Å². The molecule has 1 aromatic heterocycles. The second-order valence-corrected chi connectivity index (χ2v) is 22.2. The Labute approximate surface area is 434 Å². The molecule has 0 saturated carbocycles. The fourth-order valence-electron chi connectivity index (χ4n) is 11.5. The van der Waals surface area contributed by atoms with Crippen LogP contribution in [0.2, 0.25) is 0 Å². The number of nitrogens with zero attached hydrogens (tertiary/aromatic N) is 2. The fraction of sp³-hybridized carbons (Fsp3) is 0.111. The number of anilines is 3. The molecule has 13 rings (SSSR count). The van der Waals surface area contributed by atoms with Gasteiger partial charge in [-0.25, -0.2) is 0 Å². The topological polar surface area (TPSA) is 8.17 Å². The molecule has 13 aromatic rings. The number of para-hydroxylation sites is 2. The lowest BCUT2D eigenvalue weighted by molar-refractivity contribution is 0.569. The summed E-state index contributed by atoms with van der Waals surface area (Å²) in [6.07, 6.45) is 0. The molecule has 0 unspecified atom stereocenters. The number of hydrogen-bond acceptors (Lipinski definition) is 1. The zero-order valence-electron chi connectivity index (χ0n) is 43.0. The van der Waals surface area contributed by atoms with E-state index in [1.807, 2.05) is 0 Å². The van der Waals surface area contributed by atoms with Gasteiger partial charge >= 0.3 is 0 Å². The van der Waals surface area contributed by atoms with E-state index in [0.29, 0.717) is 0 Å². The number of rotatable bonds is 8. The summed E-state index contributed by atoms with van der Waals surface area (Å²) in [7, 11) is 0. The Morgan fingerprint density at radius 2 is 0.730 bits per heavy atom. The lowest BCUT2D eigenvalue weighted by Crippen LogP contribution is -2.16. The van der Waals surface area contributed by atoms with Gasteiger partial charge in [0.15, 0.2) is 0 Å². The maximum absolute atomic E-state index is 2.51. The van der Waals surface area contributed by atoms with Crippen LogP contribution in [0, 0.1) is 0 Å². The summed E-state index contributed by atoms with van der Waals surface area (Å²) in [5, 5.41) is 9.96. The highest BCUT2D eigenvalue weighted by Crippen LogP contribution is 2.48. The Morgan fingerprint density at radius 3 is 1.32 bits per heavy atom. The van der Waals surface area contributed by atoms with Crippen LogP contribution in [0.5, 0.6) is 0 Å².